The third-order valence-corrected chi connectivity index (χ3v) is 4.52. The number of carbonyl (C=O) groups is 1. The second-order valence-corrected chi connectivity index (χ2v) is 6.31. The van der Waals surface area contributed by atoms with Crippen LogP contribution in [-0.4, -0.2) is 19.2 Å². The highest BCUT2D eigenvalue weighted by Gasteiger charge is 2.16. The summed E-state index contributed by atoms with van der Waals surface area (Å²) >= 11 is 1.06. The fourth-order valence-corrected chi connectivity index (χ4v) is 3.31. The Balaban J connectivity index is 2.25. The summed E-state index contributed by atoms with van der Waals surface area (Å²) in [5.74, 6) is -0.214. The van der Waals surface area contributed by atoms with E-state index in [1.807, 2.05) is 0 Å². The van der Waals surface area contributed by atoms with E-state index in [0.717, 1.165) is 11.3 Å². The molecule has 0 aliphatic carbocycles. The van der Waals surface area contributed by atoms with Crippen LogP contribution in [0.5, 0.6) is 0 Å². The monoisotopic (exact) mass is 297 g/mol. The normalized spacial score (nSPS) is 11.2. The molecule has 3 N–H and O–H groups in total. The number of thiazole rings is 1. The maximum absolute atomic E-state index is 12.0. The van der Waals surface area contributed by atoms with Gasteiger partial charge in [-0.2, -0.15) is 0 Å². The van der Waals surface area contributed by atoms with Gasteiger partial charge in [0.15, 0.2) is 10.9 Å². The van der Waals surface area contributed by atoms with E-state index in [2.05, 4.69) is 9.71 Å². The van der Waals surface area contributed by atoms with Crippen LogP contribution in [0.3, 0.4) is 0 Å². The predicted molar refractivity (Wildman–Crippen MR) is 73.8 cm³/mol. The van der Waals surface area contributed by atoms with Crippen molar-refractivity contribution in [2.24, 2.45) is 0 Å². The van der Waals surface area contributed by atoms with Crippen molar-refractivity contribution in [2.75, 3.05) is 10.5 Å². The lowest BCUT2D eigenvalue weighted by Gasteiger charge is -2.05. The van der Waals surface area contributed by atoms with Gasteiger partial charge in [-0.05, 0) is 24.3 Å². The van der Waals surface area contributed by atoms with Crippen molar-refractivity contribution in [1.29, 1.82) is 0 Å². The summed E-state index contributed by atoms with van der Waals surface area (Å²) in [4.78, 5) is 15.1. The van der Waals surface area contributed by atoms with Crippen molar-refractivity contribution < 1.29 is 13.2 Å². The van der Waals surface area contributed by atoms with Crippen LogP contribution in [0.15, 0.2) is 34.5 Å². The van der Waals surface area contributed by atoms with Gasteiger partial charge >= 0.3 is 0 Å². The Morgan fingerprint density at radius 3 is 2.47 bits per heavy atom. The third kappa shape index (κ3) is 3.09. The fourth-order valence-electron chi connectivity index (χ4n) is 1.30. The lowest BCUT2D eigenvalue weighted by atomic mass is 10.3. The molecule has 0 radical (unpaired) electrons. The largest absolute Gasteiger partial charge is 0.399 e. The minimum Gasteiger partial charge on any atom is -0.399 e. The number of Topliss-reactive ketones (excluding diaryl/α,β-unsaturated/α-hetero) is 1. The summed E-state index contributed by atoms with van der Waals surface area (Å²) in [6, 6.07) is 5.79. The minimum absolute atomic E-state index is 0.0845. The molecule has 0 aliphatic rings. The van der Waals surface area contributed by atoms with E-state index in [0.29, 0.717) is 5.69 Å². The van der Waals surface area contributed by atoms with Gasteiger partial charge in [0.25, 0.3) is 10.0 Å². The number of benzene rings is 1. The Morgan fingerprint density at radius 1 is 1.32 bits per heavy atom. The lowest BCUT2D eigenvalue weighted by molar-refractivity contribution is 0.101. The first-order chi connectivity index (χ1) is 8.88. The summed E-state index contributed by atoms with van der Waals surface area (Å²) in [5.41, 5.74) is 6.21. The molecule has 0 saturated heterocycles. The van der Waals surface area contributed by atoms with Gasteiger partial charge in [0, 0.05) is 18.0 Å². The summed E-state index contributed by atoms with van der Waals surface area (Å²) < 4.78 is 26.4. The van der Waals surface area contributed by atoms with Crippen LogP contribution in [0.4, 0.5) is 10.8 Å². The van der Waals surface area contributed by atoms with E-state index in [1.165, 1.54) is 36.6 Å². The number of nitrogen functional groups attached to an aromatic ring is 1. The number of nitrogens with zero attached hydrogens (tertiary/aromatic N) is 1. The van der Waals surface area contributed by atoms with Crippen LogP contribution >= 0.6 is 11.3 Å². The molecule has 2 aromatic rings. The predicted octanol–water partition coefficient (Wildman–Crippen LogP) is 1.73. The van der Waals surface area contributed by atoms with E-state index in [9.17, 15) is 13.2 Å². The SMILES string of the molecule is CC(=O)c1csc(NS(=O)(=O)c2ccc(N)cc2)n1. The van der Waals surface area contributed by atoms with E-state index >= 15 is 0 Å². The number of rotatable bonds is 4. The molecule has 0 unspecified atom stereocenters. The molecule has 1 aromatic heterocycles. The standard InChI is InChI=1S/C11H11N3O3S2/c1-7(15)10-6-18-11(13-10)14-19(16,17)9-4-2-8(12)3-5-9/h2-6H,12H2,1H3,(H,13,14). The number of sulfonamides is 1. The Kier molecular flexibility index (Phi) is 3.54. The van der Waals surface area contributed by atoms with Gasteiger partial charge in [0.05, 0.1) is 4.90 Å². The number of hydrogen-bond donors (Lipinski definition) is 2. The maximum atomic E-state index is 12.0. The quantitative estimate of drug-likeness (QED) is 0.661. The van der Waals surface area contributed by atoms with Crippen molar-refractivity contribution in [1.82, 2.24) is 4.98 Å². The van der Waals surface area contributed by atoms with E-state index < -0.39 is 10.0 Å². The summed E-state index contributed by atoms with van der Waals surface area (Å²) in [5, 5.41) is 1.66. The van der Waals surface area contributed by atoms with E-state index in [4.69, 9.17) is 5.73 Å². The molecule has 0 atom stereocenters. The highest BCUT2D eigenvalue weighted by Crippen LogP contribution is 2.20. The third-order valence-electron chi connectivity index (χ3n) is 2.28. The summed E-state index contributed by atoms with van der Waals surface area (Å²) in [6.07, 6.45) is 0. The molecule has 2 rings (SSSR count). The highest BCUT2D eigenvalue weighted by atomic mass is 32.2. The van der Waals surface area contributed by atoms with E-state index in [1.54, 1.807) is 0 Å². The highest BCUT2D eigenvalue weighted by molar-refractivity contribution is 7.93. The number of ketones is 1. The molecule has 0 aliphatic heterocycles. The molecule has 0 spiro atoms. The first-order valence-electron chi connectivity index (χ1n) is 5.23. The Hall–Kier alpha value is -1.93. The summed E-state index contributed by atoms with van der Waals surface area (Å²) in [6.45, 7) is 1.37. The second kappa shape index (κ2) is 4.98. The topological polar surface area (TPSA) is 102 Å². The molecular weight excluding hydrogens is 286 g/mol. The lowest BCUT2D eigenvalue weighted by Crippen LogP contribution is -2.13. The number of anilines is 2. The molecule has 0 amide bonds. The molecule has 6 nitrogen and oxygen atoms in total. The molecule has 19 heavy (non-hydrogen) atoms. The minimum atomic E-state index is -3.71. The average molecular weight is 297 g/mol. The van der Waals surface area contributed by atoms with Gasteiger partial charge in [0.2, 0.25) is 0 Å². The smallest absolute Gasteiger partial charge is 0.263 e. The van der Waals surface area contributed by atoms with Gasteiger partial charge in [-0.3, -0.25) is 9.52 Å². The second-order valence-electron chi connectivity index (χ2n) is 3.77. The zero-order valence-electron chi connectivity index (χ0n) is 9.95. The van der Waals surface area contributed by atoms with Gasteiger partial charge < -0.3 is 5.73 Å². The van der Waals surface area contributed by atoms with E-state index in [-0.39, 0.29) is 21.5 Å². The van der Waals surface area contributed by atoms with Crippen LogP contribution in [0.1, 0.15) is 17.4 Å². The summed E-state index contributed by atoms with van der Waals surface area (Å²) in [7, 11) is -3.71. The van der Waals surface area contributed by atoms with Crippen LogP contribution in [0.2, 0.25) is 0 Å². The zero-order chi connectivity index (χ0) is 14.0. The molecule has 8 heteroatoms. The molecule has 1 heterocycles. The number of nitrogens with one attached hydrogen (secondary N) is 1. The van der Waals surface area contributed by atoms with Crippen LogP contribution in [0, 0.1) is 0 Å². The van der Waals surface area contributed by atoms with Crippen LogP contribution in [-0.2, 0) is 10.0 Å². The fraction of sp³-hybridized carbons (Fsp3) is 0.0909. The number of aromatic nitrogens is 1. The molecular formula is C11H11N3O3S2. The molecule has 0 bridgehead atoms. The Bertz CT molecular complexity index is 705. The molecule has 1 aromatic carbocycles. The molecule has 0 fully saturated rings. The first-order valence-corrected chi connectivity index (χ1v) is 7.59. The molecule has 0 saturated carbocycles. The van der Waals surface area contributed by atoms with Gasteiger partial charge in [-0.15, -0.1) is 11.3 Å². The van der Waals surface area contributed by atoms with Crippen molar-refractivity contribution >= 4 is 38.0 Å². The van der Waals surface area contributed by atoms with Gasteiger partial charge in [-0.25, -0.2) is 13.4 Å². The Morgan fingerprint density at radius 2 is 1.95 bits per heavy atom. The number of hydrogen-bond acceptors (Lipinski definition) is 6. The van der Waals surface area contributed by atoms with Crippen molar-refractivity contribution in [3.8, 4) is 0 Å². The van der Waals surface area contributed by atoms with Crippen molar-refractivity contribution in [3.05, 3.63) is 35.3 Å². The molecule has 100 valence electrons. The van der Waals surface area contributed by atoms with Gasteiger partial charge in [-0.1, -0.05) is 0 Å². The average Bonchev–Trinajstić information content (AvgIpc) is 2.77. The number of carbonyl (C=O) groups excluding carboxylic acids is 1. The first kappa shape index (κ1) is 13.5. The van der Waals surface area contributed by atoms with Gasteiger partial charge in [0.1, 0.15) is 5.69 Å². The number of nitrogens with two attached hydrogens (primary N) is 1. The van der Waals surface area contributed by atoms with Crippen LogP contribution < -0.4 is 10.5 Å². The van der Waals surface area contributed by atoms with Crippen molar-refractivity contribution in [2.45, 2.75) is 11.8 Å². The zero-order valence-corrected chi connectivity index (χ0v) is 11.6. The Labute approximate surface area is 114 Å². The maximum Gasteiger partial charge on any atom is 0.263 e. The van der Waals surface area contributed by atoms with Crippen molar-refractivity contribution in [3.63, 3.8) is 0 Å². The van der Waals surface area contributed by atoms with Crippen LogP contribution in [0.25, 0.3) is 0 Å².